The smallest absolute Gasteiger partial charge is 0.264 e. The maximum absolute atomic E-state index is 10.6. The minimum Gasteiger partial charge on any atom is -0.493 e. The molecule has 1 N–H and O–H groups in total. The van der Waals surface area contributed by atoms with Crippen molar-refractivity contribution in [2.45, 2.75) is 39.0 Å². The molecular formula is C17H26O5S. The second kappa shape index (κ2) is 9.57. The third kappa shape index (κ3) is 7.52. The molecule has 0 radical (unpaired) electrons. The SMILES string of the molecule is COc1cccc(C/C(C)=C/CCCCCS(=O)(=O)O)c1OC. The Kier molecular flexibility index (Phi) is 8.12. The molecule has 1 aromatic rings. The van der Waals surface area contributed by atoms with Crippen molar-refractivity contribution in [3.63, 3.8) is 0 Å². The third-order valence-corrected chi connectivity index (χ3v) is 4.36. The number of methoxy groups -OCH3 is 2. The van der Waals surface area contributed by atoms with Crippen molar-refractivity contribution in [3.8, 4) is 11.5 Å². The first-order valence-corrected chi connectivity index (χ1v) is 9.29. The molecule has 1 rings (SSSR count). The standard InChI is InChI=1S/C17H26O5S/c1-14(9-6-4-5-7-12-23(18,19)20)13-15-10-8-11-16(21-2)17(15)22-3/h8-11H,4-7,12-13H2,1-3H3,(H,18,19,20)/b14-9+. The van der Waals surface area contributed by atoms with Crippen molar-refractivity contribution in [3.05, 3.63) is 35.4 Å². The van der Waals surface area contributed by atoms with Gasteiger partial charge >= 0.3 is 0 Å². The number of ether oxygens (including phenoxy) is 2. The van der Waals surface area contributed by atoms with Crippen LogP contribution in [0.15, 0.2) is 29.8 Å². The quantitative estimate of drug-likeness (QED) is 0.399. The summed E-state index contributed by atoms with van der Waals surface area (Å²) in [6, 6.07) is 5.83. The van der Waals surface area contributed by atoms with Crippen LogP contribution in [-0.2, 0) is 16.5 Å². The first-order valence-electron chi connectivity index (χ1n) is 7.68. The van der Waals surface area contributed by atoms with Crippen LogP contribution in [0, 0.1) is 0 Å². The van der Waals surface area contributed by atoms with E-state index in [1.54, 1.807) is 14.2 Å². The van der Waals surface area contributed by atoms with E-state index in [0.29, 0.717) is 6.42 Å². The van der Waals surface area contributed by atoms with Crippen LogP contribution < -0.4 is 9.47 Å². The van der Waals surface area contributed by atoms with E-state index >= 15 is 0 Å². The van der Waals surface area contributed by atoms with Gasteiger partial charge in [-0.1, -0.05) is 30.2 Å². The monoisotopic (exact) mass is 342 g/mol. The molecule has 0 aromatic heterocycles. The largest absolute Gasteiger partial charge is 0.493 e. The summed E-state index contributed by atoms with van der Waals surface area (Å²) in [6.07, 6.45) is 6.02. The predicted octanol–water partition coefficient (Wildman–Crippen LogP) is 3.64. The molecule has 0 unspecified atom stereocenters. The van der Waals surface area contributed by atoms with Crippen LogP contribution in [0.25, 0.3) is 0 Å². The summed E-state index contributed by atoms with van der Waals surface area (Å²) in [5, 5.41) is 0. The highest BCUT2D eigenvalue weighted by atomic mass is 32.2. The fraction of sp³-hybridized carbons (Fsp3) is 0.529. The lowest BCUT2D eigenvalue weighted by molar-refractivity contribution is 0.352. The van der Waals surface area contributed by atoms with Crippen LogP contribution in [-0.4, -0.2) is 32.9 Å². The van der Waals surface area contributed by atoms with Crippen molar-refractivity contribution < 1.29 is 22.4 Å². The Morgan fingerprint density at radius 3 is 2.52 bits per heavy atom. The number of unbranched alkanes of at least 4 members (excludes halogenated alkanes) is 3. The van der Waals surface area contributed by atoms with Gasteiger partial charge in [0.05, 0.1) is 20.0 Å². The molecule has 5 nitrogen and oxygen atoms in total. The zero-order valence-corrected chi connectivity index (χ0v) is 14.9. The van der Waals surface area contributed by atoms with Gasteiger partial charge in [-0.25, -0.2) is 0 Å². The number of allylic oxidation sites excluding steroid dienone is 2. The second-order valence-electron chi connectivity index (χ2n) is 5.52. The van der Waals surface area contributed by atoms with E-state index in [4.69, 9.17) is 14.0 Å². The molecule has 23 heavy (non-hydrogen) atoms. The highest BCUT2D eigenvalue weighted by Gasteiger charge is 2.09. The lowest BCUT2D eigenvalue weighted by atomic mass is 10.0. The zero-order valence-electron chi connectivity index (χ0n) is 14.0. The molecular weight excluding hydrogens is 316 g/mol. The Bertz CT molecular complexity index is 620. The van der Waals surface area contributed by atoms with Gasteiger partial charge < -0.3 is 9.47 Å². The van der Waals surface area contributed by atoms with Gasteiger partial charge in [0.1, 0.15) is 0 Å². The molecule has 0 aliphatic heterocycles. The van der Waals surface area contributed by atoms with Crippen LogP contribution >= 0.6 is 0 Å². The topological polar surface area (TPSA) is 72.8 Å². The first kappa shape index (κ1) is 19.5. The summed E-state index contributed by atoms with van der Waals surface area (Å²) >= 11 is 0. The summed E-state index contributed by atoms with van der Waals surface area (Å²) in [6.45, 7) is 2.07. The van der Waals surface area contributed by atoms with E-state index in [1.807, 2.05) is 18.2 Å². The Morgan fingerprint density at radius 1 is 1.17 bits per heavy atom. The third-order valence-electron chi connectivity index (χ3n) is 3.55. The van der Waals surface area contributed by atoms with Gasteiger partial charge in [-0.3, -0.25) is 4.55 Å². The molecule has 0 bridgehead atoms. The van der Waals surface area contributed by atoms with Gasteiger partial charge in [0.25, 0.3) is 10.1 Å². The minimum absolute atomic E-state index is 0.156. The van der Waals surface area contributed by atoms with Crippen LogP contribution in [0.4, 0.5) is 0 Å². The zero-order chi connectivity index (χ0) is 17.3. The molecule has 6 heteroatoms. The average molecular weight is 342 g/mol. The molecule has 0 saturated heterocycles. The predicted molar refractivity (Wildman–Crippen MR) is 91.9 cm³/mol. The molecule has 0 aliphatic rings. The average Bonchev–Trinajstić information content (AvgIpc) is 2.49. The van der Waals surface area contributed by atoms with Gasteiger partial charge in [0.15, 0.2) is 11.5 Å². The lowest BCUT2D eigenvalue weighted by Gasteiger charge is -2.12. The van der Waals surface area contributed by atoms with Crippen molar-refractivity contribution in [2.24, 2.45) is 0 Å². The second-order valence-corrected chi connectivity index (χ2v) is 7.09. The summed E-state index contributed by atoms with van der Waals surface area (Å²) < 4.78 is 40.6. The number of hydrogen-bond donors (Lipinski definition) is 1. The van der Waals surface area contributed by atoms with Crippen LogP contribution in [0.2, 0.25) is 0 Å². The van der Waals surface area contributed by atoms with E-state index in [9.17, 15) is 8.42 Å². The van der Waals surface area contributed by atoms with Crippen LogP contribution in [0.1, 0.15) is 38.2 Å². The normalized spacial score (nSPS) is 12.3. The van der Waals surface area contributed by atoms with E-state index in [1.165, 1.54) is 5.57 Å². The summed E-state index contributed by atoms with van der Waals surface area (Å²) in [5.41, 5.74) is 2.30. The van der Waals surface area contributed by atoms with Gasteiger partial charge in [0.2, 0.25) is 0 Å². The van der Waals surface area contributed by atoms with E-state index < -0.39 is 10.1 Å². The Morgan fingerprint density at radius 2 is 1.91 bits per heavy atom. The Labute approximate surface area is 139 Å². The molecule has 0 amide bonds. The van der Waals surface area contributed by atoms with Crippen molar-refractivity contribution in [1.82, 2.24) is 0 Å². The van der Waals surface area contributed by atoms with E-state index in [-0.39, 0.29) is 5.75 Å². The van der Waals surface area contributed by atoms with Crippen molar-refractivity contribution >= 4 is 10.1 Å². The maximum Gasteiger partial charge on any atom is 0.264 e. The summed E-state index contributed by atoms with van der Waals surface area (Å²) in [5.74, 6) is 1.33. The molecule has 130 valence electrons. The highest BCUT2D eigenvalue weighted by Crippen LogP contribution is 2.32. The lowest BCUT2D eigenvalue weighted by Crippen LogP contribution is -2.03. The molecule has 0 spiro atoms. The van der Waals surface area contributed by atoms with E-state index in [2.05, 4.69) is 13.0 Å². The van der Waals surface area contributed by atoms with Gasteiger partial charge in [-0.2, -0.15) is 8.42 Å². The van der Waals surface area contributed by atoms with Crippen LogP contribution in [0.5, 0.6) is 11.5 Å². The first-order chi connectivity index (χ1) is 10.9. The fourth-order valence-corrected chi connectivity index (χ4v) is 2.99. The van der Waals surface area contributed by atoms with E-state index in [0.717, 1.165) is 42.7 Å². The minimum atomic E-state index is -3.82. The maximum atomic E-state index is 10.6. The summed E-state index contributed by atoms with van der Waals surface area (Å²) in [4.78, 5) is 0. The molecule has 0 aliphatic carbocycles. The highest BCUT2D eigenvalue weighted by molar-refractivity contribution is 7.85. The van der Waals surface area contributed by atoms with Gasteiger partial charge in [-0.05, 0) is 38.7 Å². The molecule has 1 aromatic carbocycles. The number of hydrogen-bond acceptors (Lipinski definition) is 4. The van der Waals surface area contributed by atoms with Gasteiger partial charge in [-0.15, -0.1) is 0 Å². The number of benzene rings is 1. The molecule has 0 saturated carbocycles. The van der Waals surface area contributed by atoms with Crippen molar-refractivity contribution in [1.29, 1.82) is 0 Å². The number of rotatable bonds is 10. The van der Waals surface area contributed by atoms with Gasteiger partial charge in [0, 0.05) is 5.56 Å². The molecule has 0 heterocycles. The summed E-state index contributed by atoms with van der Waals surface area (Å²) in [7, 11) is -0.567. The molecule has 0 atom stereocenters. The van der Waals surface area contributed by atoms with Crippen LogP contribution in [0.3, 0.4) is 0 Å². The Balaban J connectivity index is 2.48. The van der Waals surface area contributed by atoms with Crippen molar-refractivity contribution in [2.75, 3.05) is 20.0 Å². The molecule has 0 fully saturated rings. The fourth-order valence-electron chi connectivity index (χ4n) is 2.42. The number of para-hydroxylation sites is 1. The Hall–Kier alpha value is -1.53.